The van der Waals surface area contributed by atoms with Crippen LogP contribution in [0.15, 0.2) is 23.0 Å². The van der Waals surface area contributed by atoms with Gasteiger partial charge in [-0.3, -0.25) is 0 Å². The Balaban J connectivity index is 0.00000407. The van der Waals surface area contributed by atoms with Gasteiger partial charge in [0.25, 0.3) is 0 Å². The molecule has 3 nitrogen and oxygen atoms in total. The lowest BCUT2D eigenvalue weighted by molar-refractivity contribution is -0.0781. The number of halogens is 2. The van der Waals surface area contributed by atoms with Gasteiger partial charge in [-0.2, -0.15) is 0 Å². The summed E-state index contributed by atoms with van der Waals surface area (Å²) in [6.07, 6.45) is 7.88. The number of methoxy groups -OCH3 is 1. The summed E-state index contributed by atoms with van der Waals surface area (Å²) >= 11 is 0. The molecule has 5 heteroatoms. The second kappa shape index (κ2) is 16.7. The highest BCUT2D eigenvalue weighted by Crippen LogP contribution is 2.29. The monoisotopic (exact) mass is 432 g/mol. The quantitative estimate of drug-likeness (QED) is 0.232. The molecular formula is C25H46F2O3. The minimum Gasteiger partial charge on any atom is -0.498 e. The van der Waals surface area contributed by atoms with Gasteiger partial charge in [0.15, 0.2) is 11.7 Å². The van der Waals surface area contributed by atoms with E-state index in [0.717, 1.165) is 25.9 Å². The first kappa shape index (κ1) is 29.1. The Morgan fingerprint density at radius 2 is 1.73 bits per heavy atom. The molecule has 0 saturated carbocycles. The van der Waals surface area contributed by atoms with Crippen LogP contribution in [0.2, 0.25) is 0 Å². The fraction of sp³-hybridized carbons (Fsp3) is 0.840. The average molecular weight is 433 g/mol. The van der Waals surface area contributed by atoms with Crippen molar-refractivity contribution >= 4 is 0 Å². The molecule has 0 aromatic carbocycles. The van der Waals surface area contributed by atoms with Gasteiger partial charge in [-0.1, -0.05) is 40.5 Å². The van der Waals surface area contributed by atoms with Crippen LogP contribution in [0.3, 0.4) is 0 Å². The van der Waals surface area contributed by atoms with E-state index in [0.29, 0.717) is 18.1 Å². The van der Waals surface area contributed by atoms with Crippen molar-refractivity contribution in [2.24, 2.45) is 11.8 Å². The van der Waals surface area contributed by atoms with Gasteiger partial charge in [0, 0.05) is 6.61 Å². The third kappa shape index (κ3) is 10.9. The van der Waals surface area contributed by atoms with E-state index in [9.17, 15) is 8.78 Å². The summed E-state index contributed by atoms with van der Waals surface area (Å²) in [5.74, 6) is -1.12. The third-order valence-electron chi connectivity index (χ3n) is 5.90. The maximum absolute atomic E-state index is 14.2. The van der Waals surface area contributed by atoms with Gasteiger partial charge in [-0.25, -0.2) is 8.78 Å². The van der Waals surface area contributed by atoms with Gasteiger partial charge < -0.3 is 14.2 Å². The van der Waals surface area contributed by atoms with E-state index in [1.807, 2.05) is 27.7 Å². The molecule has 0 N–H and O–H groups in total. The van der Waals surface area contributed by atoms with Crippen LogP contribution in [0.25, 0.3) is 0 Å². The van der Waals surface area contributed by atoms with Crippen molar-refractivity contribution < 1.29 is 23.0 Å². The lowest BCUT2D eigenvalue weighted by atomic mass is 9.93. The van der Waals surface area contributed by atoms with Crippen molar-refractivity contribution in [2.75, 3.05) is 20.3 Å². The smallest absolute Gasteiger partial charge is 0.195 e. The van der Waals surface area contributed by atoms with E-state index in [2.05, 4.69) is 6.92 Å². The van der Waals surface area contributed by atoms with Crippen LogP contribution < -0.4 is 0 Å². The molecule has 0 amide bonds. The average Bonchev–Trinajstić information content (AvgIpc) is 2.79. The lowest BCUT2D eigenvalue weighted by Crippen LogP contribution is -2.31. The molecule has 4 atom stereocenters. The van der Waals surface area contributed by atoms with E-state index >= 15 is 0 Å². The van der Waals surface area contributed by atoms with Gasteiger partial charge in [0.2, 0.25) is 0 Å². The Morgan fingerprint density at radius 3 is 2.27 bits per heavy atom. The van der Waals surface area contributed by atoms with Gasteiger partial charge in [0.05, 0.1) is 25.9 Å². The highest BCUT2D eigenvalue weighted by Gasteiger charge is 2.22. The predicted octanol–water partition coefficient (Wildman–Crippen LogP) is 7.91. The summed E-state index contributed by atoms with van der Waals surface area (Å²) in [5, 5.41) is 0. The van der Waals surface area contributed by atoms with Gasteiger partial charge >= 0.3 is 0 Å². The molecular weight excluding hydrogens is 386 g/mol. The molecule has 0 aromatic heterocycles. The minimum absolute atomic E-state index is 0.0369. The van der Waals surface area contributed by atoms with Crippen molar-refractivity contribution in [3.8, 4) is 0 Å². The molecule has 30 heavy (non-hydrogen) atoms. The summed E-state index contributed by atoms with van der Waals surface area (Å²) in [5.41, 5.74) is 0.412. The summed E-state index contributed by atoms with van der Waals surface area (Å²) in [6.45, 7) is 14.7. The molecule has 0 aliphatic carbocycles. The highest BCUT2D eigenvalue weighted by atomic mass is 19.2. The Labute approximate surface area is 184 Å². The molecule has 178 valence electrons. The van der Waals surface area contributed by atoms with E-state index in [1.54, 1.807) is 6.92 Å². The zero-order valence-corrected chi connectivity index (χ0v) is 20.7. The van der Waals surface area contributed by atoms with Gasteiger partial charge in [-0.15, -0.1) is 0 Å². The van der Waals surface area contributed by atoms with Crippen molar-refractivity contribution in [3.63, 3.8) is 0 Å². The van der Waals surface area contributed by atoms with Crippen LogP contribution in [0.4, 0.5) is 8.78 Å². The topological polar surface area (TPSA) is 27.7 Å². The maximum Gasteiger partial charge on any atom is 0.195 e. The van der Waals surface area contributed by atoms with Crippen LogP contribution >= 0.6 is 0 Å². The zero-order valence-electron chi connectivity index (χ0n) is 20.7. The predicted molar refractivity (Wildman–Crippen MR) is 122 cm³/mol. The van der Waals surface area contributed by atoms with E-state index in [1.165, 1.54) is 39.7 Å². The fourth-order valence-corrected chi connectivity index (χ4v) is 3.40. The molecule has 1 heterocycles. The van der Waals surface area contributed by atoms with E-state index in [4.69, 9.17) is 14.2 Å². The number of hydrogen-bond donors (Lipinski definition) is 0. The third-order valence-corrected chi connectivity index (χ3v) is 5.90. The number of ether oxygens (including phenoxy) is 3. The minimum atomic E-state index is -0.914. The lowest BCUT2D eigenvalue weighted by Gasteiger charge is -2.30. The number of allylic oxidation sites excluding steroid dienone is 4. The highest BCUT2D eigenvalue weighted by molar-refractivity contribution is 5.27. The normalized spacial score (nSPS) is 22.9. The van der Waals surface area contributed by atoms with Crippen LogP contribution in [0.1, 0.15) is 93.4 Å². The second-order valence-electron chi connectivity index (χ2n) is 8.23. The first-order chi connectivity index (χ1) is 14.3. The van der Waals surface area contributed by atoms with Crippen LogP contribution in [-0.2, 0) is 14.2 Å². The van der Waals surface area contributed by atoms with Crippen LogP contribution in [-0.4, -0.2) is 32.5 Å². The van der Waals surface area contributed by atoms with Crippen molar-refractivity contribution in [3.05, 3.63) is 23.0 Å². The molecule has 1 rings (SSSR count). The van der Waals surface area contributed by atoms with Gasteiger partial charge in [0.1, 0.15) is 5.76 Å². The van der Waals surface area contributed by atoms with Gasteiger partial charge in [-0.05, 0) is 70.3 Å². The Morgan fingerprint density at radius 1 is 1.07 bits per heavy atom. The number of rotatable bonds is 12. The molecule has 1 aliphatic rings. The summed E-state index contributed by atoms with van der Waals surface area (Å²) in [4.78, 5) is 0. The Kier molecular flexibility index (Phi) is 16.2. The Hall–Kier alpha value is -0.940. The van der Waals surface area contributed by atoms with Crippen molar-refractivity contribution in [1.82, 2.24) is 0 Å². The zero-order chi connectivity index (χ0) is 23.1. The molecule has 0 aromatic rings. The van der Waals surface area contributed by atoms with E-state index < -0.39 is 11.7 Å². The molecule has 1 saturated heterocycles. The number of unbranched alkanes of at least 4 members (excludes halogenated alkanes) is 1. The number of hydrogen-bond acceptors (Lipinski definition) is 3. The molecule has 1 aliphatic heterocycles. The molecule has 0 spiro atoms. The largest absolute Gasteiger partial charge is 0.498 e. The van der Waals surface area contributed by atoms with E-state index in [-0.39, 0.29) is 23.9 Å². The SMILES string of the molecule is CC.CCCCC1CCC(COC(C)CCC(C)/C(C)=C(F)/C(F)=C(\C)OC)OC1. The Bertz CT molecular complexity index is 509. The van der Waals surface area contributed by atoms with Crippen LogP contribution in [0.5, 0.6) is 0 Å². The summed E-state index contributed by atoms with van der Waals surface area (Å²) < 4.78 is 44.8. The van der Waals surface area contributed by atoms with Crippen molar-refractivity contribution in [2.45, 2.75) is 106 Å². The van der Waals surface area contributed by atoms with Crippen molar-refractivity contribution in [1.29, 1.82) is 0 Å². The maximum atomic E-state index is 14.2. The summed E-state index contributed by atoms with van der Waals surface area (Å²) in [6, 6.07) is 0. The first-order valence-electron chi connectivity index (χ1n) is 11.8. The molecule has 0 radical (unpaired) electrons. The van der Waals surface area contributed by atoms with Crippen LogP contribution in [0, 0.1) is 11.8 Å². The first-order valence-corrected chi connectivity index (χ1v) is 11.8. The summed E-state index contributed by atoms with van der Waals surface area (Å²) in [7, 11) is 1.33. The molecule has 4 unspecified atom stereocenters. The fourth-order valence-electron chi connectivity index (χ4n) is 3.40. The standard InChI is InChI=1S/C23H40F2O3.C2H6/c1-7-8-9-20-12-13-21(28-14-20)15-27-17(3)11-10-16(2)18(4)22(24)23(25)19(5)26-6;1-2/h16-17,20-21H,7-15H2,1-6H3;1-2H3/b22-18-,23-19-;. The molecule has 1 fully saturated rings. The molecule has 0 bridgehead atoms. The second-order valence-corrected chi connectivity index (χ2v) is 8.23.